The van der Waals surface area contributed by atoms with Gasteiger partial charge in [0.25, 0.3) is 0 Å². The lowest BCUT2D eigenvalue weighted by atomic mass is 10.1. The number of carbonyl (C=O) groups is 2. The molecular formula is C17H17ClN2O3. The van der Waals surface area contributed by atoms with Gasteiger partial charge in [-0.25, -0.2) is 0 Å². The van der Waals surface area contributed by atoms with E-state index in [0.717, 1.165) is 5.56 Å². The Bertz CT molecular complexity index is 686. The van der Waals surface area contributed by atoms with Crippen LogP contribution in [0.2, 0.25) is 5.02 Å². The molecule has 0 saturated carbocycles. The van der Waals surface area contributed by atoms with Crippen LogP contribution in [0.5, 0.6) is 5.75 Å². The molecule has 0 aliphatic carbocycles. The Kier molecular flexibility index (Phi) is 6.00. The maximum Gasteiger partial charge on any atom is 0.227 e. The van der Waals surface area contributed by atoms with Crippen LogP contribution in [-0.2, 0) is 16.0 Å². The van der Waals surface area contributed by atoms with Crippen LogP contribution in [0.3, 0.4) is 0 Å². The fourth-order valence-corrected chi connectivity index (χ4v) is 2.13. The Labute approximate surface area is 139 Å². The van der Waals surface area contributed by atoms with E-state index in [1.54, 1.807) is 48.5 Å². The molecule has 0 fully saturated rings. The molecule has 0 atom stereocenters. The van der Waals surface area contributed by atoms with Crippen LogP contribution in [0.15, 0.2) is 48.5 Å². The van der Waals surface area contributed by atoms with E-state index in [2.05, 4.69) is 5.32 Å². The lowest BCUT2D eigenvalue weighted by Gasteiger charge is -2.08. The second kappa shape index (κ2) is 8.19. The van der Waals surface area contributed by atoms with E-state index in [-0.39, 0.29) is 31.3 Å². The average molecular weight is 333 g/mol. The number of nitrogens with two attached hydrogens (primary N) is 1. The van der Waals surface area contributed by atoms with Crippen LogP contribution < -0.4 is 15.8 Å². The molecule has 6 heteroatoms. The van der Waals surface area contributed by atoms with Crippen molar-refractivity contribution in [2.24, 2.45) is 5.73 Å². The van der Waals surface area contributed by atoms with Crippen molar-refractivity contribution < 1.29 is 14.3 Å². The molecule has 2 amide bonds. The largest absolute Gasteiger partial charge is 0.493 e. The smallest absolute Gasteiger partial charge is 0.227 e. The van der Waals surface area contributed by atoms with Crippen molar-refractivity contribution in [1.82, 2.24) is 0 Å². The topological polar surface area (TPSA) is 81.4 Å². The second-order valence-corrected chi connectivity index (χ2v) is 5.38. The molecule has 0 aliphatic heterocycles. The molecule has 2 aromatic carbocycles. The molecule has 0 spiro atoms. The van der Waals surface area contributed by atoms with Gasteiger partial charge in [0.05, 0.1) is 19.4 Å². The lowest BCUT2D eigenvalue weighted by molar-refractivity contribution is -0.118. The summed E-state index contributed by atoms with van der Waals surface area (Å²) in [6.07, 6.45) is 0.400. The van der Waals surface area contributed by atoms with Gasteiger partial charge in [0, 0.05) is 10.7 Å². The molecular weight excluding hydrogens is 316 g/mol. The molecule has 0 aliphatic rings. The zero-order valence-corrected chi connectivity index (χ0v) is 13.2. The fraction of sp³-hybridized carbons (Fsp3) is 0.176. The maximum atomic E-state index is 11.8. The summed E-state index contributed by atoms with van der Waals surface area (Å²) < 4.78 is 5.46. The van der Waals surface area contributed by atoms with Crippen LogP contribution >= 0.6 is 11.6 Å². The summed E-state index contributed by atoms with van der Waals surface area (Å²) >= 11 is 5.85. The van der Waals surface area contributed by atoms with Crippen LogP contribution in [0, 0.1) is 0 Å². The molecule has 0 unspecified atom stereocenters. The average Bonchev–Trinajstić information content (AvgIpc) is 2.49. The Morgan fingerprint density at radius 2 is 1.87 bits per heavy atom. The van der Waals surface area contributed by atoms with Crippen molar-refractivity contribution in [3.8, 4) is 5.75 Å². The number of hydrogen-bond donors (Lipinski definition) is 2. The van der Waals surface area contributed by atoms with E-state index in [4.69, 9.17) is 22.1 Å². The van der Waals surface area contributed by atoms with Crippen LogP contribution in [-0.4, -0.2) is 18.4 Å². The molecule has 0 saturated heterocycles. The van der Waals surface area contributed by atoms with Gasteiger partial charge in [-0.3, -0.25) is 9.59 Å². The Morgan fingerprint density at radius 3 is 2.52 bits per heavy atom. The number of rotatable bonds is 7. The van der Waals surface area contributed by atoms with E-state index >= 15 is 0 Å². The van der Waals surface area contributed by atoms with Gasteiger partial charge in [0.2, 0.25) is 11.8 Å². The van der Waals surface area contributed by atoms with E-state index in [1.165, 1.54) is 0 Å². The highest BCUT2D eigenvalue weighted by atomic mass is 35.5. The standard InChI is InChI=1S/C17H17ClN2O3/c18-13-2-1-3-15(11-13)23-9-8-17(22)20-14-6-4-12(5-7-14)10-16(19)21/h1-7,11H,8-10H2,(H2,19,21)(H,20,22). The van der Waals surface area contributed by atoms with Crippen LogP contribution in [0.4, 0.5) is 5.69 Å². The van der Waals surface area contributed by atoms with Crippen molar-refractivity contribution in [2.45, 2.75) is 12.8 Å². The van der Waals surface area contributed by atoms with Crippen molar-refractivity contribution in [3.05, 3.63) is 59.1 Å². The van der Waals surface area contributed by atoms with Crippen molar-refractivity contribution >= 4 is 29.1 Å². The van der Waals surface area contributed by atoms with Gasteiger partial charge in [-0.05, 0) is 35.9 Å². The molecule has 0 bridgehead atoms. The number of amides is 2. The van der Waals surface area contributed by atoms with Gasteiger partial charge in [-0.1, -0.05) is 29.8 Å². The fourth-order valence-electron chi connectivity index (χ4n) is 1.95. The number of anilines is 1. The highest BCUT2D eigenvalue weighted by Gasteiger charge is 2.04. The molecule has 0 aromatic heterocycles. The maximum absolute atomic E-state index is 11.8. The molecule has 0 heterocycles. The van der Waals surface area contributed by atoms with Gasteiger partial charge in [-0.2, -0.15) is 0 Å². The number of halogens is 1. The number of nitrogens with one attached hydrogen (secondary N) is 1. The van der Waals surface area contributed by atoms with E-state index < -0.39 is 0 Å². The number of primary amides is 1. The van der Waals surface area contributed by atoms with Crippen molar-refractivity contribution in [2.75, 3.05) is 11.9 Å². The summed E-state index contributed by atoms with van der Waals surface area (Å²) in [5, 5.41) is 3.35. The summed E-state index contributed by atoms with van der Waals surface area (Å²) in [6, 6.07) is 14.0. The normalized spacial score (nSPS) is 10.1. The molecule has 23 heavy (non-hydrogen) atoms. The van der Waals surface area contributed by atoms with Crippen molar-refractivity contribution in [3.63, 3.8) is 0 Å². The molecule has 120 valence electrons. The summed E-state index contributed by atoms with van der Waals surface area (Å²) in [7, 11) is 0. The van der Waals surface area contributed by atoms with Crippen LogP contribution in [0.1, 0.15) is 12.0 Å². The Morgan fingerprint density at radius 1 is 1.13 bits per heavy atom. The molecule has 2 rings (SSSR count). The quantitative estimate of drug-likeness (QED) is 0.818. The molecule has 0 radical (unpaired) electrons. The summed E-state index contributed by atoms with van der Waals surface area (Å²) in [5.74, 6) is 0.0794. The zero-order chi connectivity index (χ0) is 16.7. The van der Waals surface area contributed by atoms with Gasteiger partial charge < -0.3 is 15.8 Å². The zero-order valence-electron chi connectivity index (χ0n) is 12.4. The number of benzene rings is 2. The summed E-state index contributed by atoms with van der Waals surface area (Å²) in [5.41, 5.74) is 6.59. The minimum absolute atomic E-state index is 0.158. The highest BCUT2D eigenvalue weighted by molar-refractivity contribution is 6.30. The third kappa shape index (κ3) is 6.00. The highest BCUT2D eigenvalue weighted by Crippen LogP contribution is 2.17. The van der Waals surface area contributed by atoms with Crippen LogP contribution in [0.25, 0.3) is 0 Å². The Hall–Kier alpha value is -2.53. The first-order valence-electron chi connectivity index (χ1n) is 7.08. The van der Waals surface area contributed by atoms with E-state index in [1.807, 2.05) is 0 Å². The predicted octanol–water partition coefficient (Wildman–Crippen LogP) is 2.78. The third-order valence-electron chi connectivity index (χ3n) is 3.01. The monoisotopic (exact) mass is 332 g/mol. The Balaban J connectivity index is 1.77. The minimum atomic E-state index is -0.389. The SMILES string of the molecule is NC(=O)Cc1ccc(NC(=O)CCOc2cccc(Cl)c2)cc1. The number of hydrogen-bond acceptors (Lipinski definition) is 3. The lowest BCUT2D eigenvalue weighted by Crippen LogP contribution is -2.15. The number of carbonyl (C=O) groups excluding carboxylic acids is 2. The summed E-state index contributed by atoms with van der Waals surface area (Å²) in [6.45, 7) is 0.256. The predicted molar refractivity (Wildman–Crippen MR) is 89.5 cm³/mol. The first kappa shape index (κ1) is 16.8. The number of ether oxygens (including phenoxy) is 1. The molecule has 5 nitrogen and oxygen atoms in total. The molecule has 3 N–H and O–H groups in total. The van der Waals surface area contributed by atoms with Crippen molar-refractivity contribution in [1.29, 1.82) is 0 Å². The first-order valence-corrected chi connectivity index (χ1v) is 7.46. The van der Waals surface area contributed by atoms with Gasteiger partial charge in [0.15, 0.2) is 0 Å². The van der Waals surface area contributed by atoms with Gasteiger partial charge in [0.1, 0.15) is 5.75 Å². The first-order chi connectivity index (χ1) is 11.0. The summed E-state index contributed by atoms with van der Waals surface area (Å²) in [4.78, 5) is 22.7. The van der Waals surface area contributed by atoms with Gasteiger partial charge in [-0.15, -0.1) is 0 Å². The third-order valence-corrected chi connectivity index (χ3v) is 3.25. The van der Waals surface area contributed by atoms with E-state index in [9.17, 15) is 9.59 Å². The molecule has 2 aromatic rings. The van der Waals surface area contributed by atoms with Gasteiger partial charge >= 0.3 is 0 Å². The minimum Gasteiger partial charge on any atom is -0.493 e. The second-order valence-electron chi connectivity index (χ2n) is 4.94. The van der Waals surface area contributed by atoms with E-state index in [0.29, 0.717) is 16.5 Å².